The maximum Gasteiger partial charge on any atom is 0.131 e. The number of allylic oxidation sites excluding steroid dienone is 3. The molecule has 0 saturated carbocycles. The Labute approximate surface area is 116 Å². The fourth-order valence-corrected chi connectivity index (χ4v) is 2.60. The Morgan fingerprint density at radius 1 is 1.39 bits per heavy atom. The lowest BCUT2D eigenvalue weighted by molar-refractivity contribution is 0.434. The van der Waals surface area contributed by atoms with Crippen LogP contribution in [0.2, 0.25) is 0 Å². The van der Waals surface area contributed by atoms with Crippen LogP contribution in [-0.4, -0.2) is 0 Å². The van der Waals surface area contributed by atoms with Crippen molar-refractivity contribution in [2.45, 2.75) is 26.2 Å². The van der Waals surface area contributed by atoms with E-state index in [0.717, 1.165) is 40.8 Å². The number of nitrogens with zero attached hydrogens (tertiary/aromatic N) is 1. The lowest BCUT2D eigenvalue weighted by atomic mass is 10.1. The minimum Gasteiger partial charge on any atom is -0.457 e. The van der Waals surface area contributed by atoms with E-state index in [4.69, 9.17) is 10.00 Å². The lowest BCUT2D eigenvalue weighted by Crippen LogP contribution is -1.99. The molecule has 1 aromatic carbocycles. The summed E-state index contributed by atoms with van der Waals surface area (Å²) in [5, 5.41) is 9.01. The Bertz CT molecular complexity index is 552. The van der Waals surface area contributed by atoms with Gasteiger partial charge in [-0.05, 0) is 59.5 Å². The summed E-state index contributed by atoms with van der Waals surface area (Å²) < 4.78 is 6.73. The number of benzene rings is 1. The molecule has 0 spiro atoms. The topological polar surface area (TPSA) is 33.0 Å². The van der Waals surface area contributed by atoms with E-state index in [1.54, 1.807) is 6.07 Å². The van der Waals surface area contributed by atoms with Crippen molar-refractivity contribution >= 4 is 15.9 Å². The average molecular weight is 304 g/mol. The van der Waals surface area contributed by atoms with E-state index in [1.807, 2.05) is 12.1 Å². The van der Waals surface area contributed by atoms with E-state index in [9.17, 15) is 0 Å². The van der Waals surface area contributed by atoms with Crippen LogP contribution < -0.4 is 4.74 Å². The van der Waals surface area contributed by atoms with Gasteiger partial charge in [0.15, 0.2) is 0 Å². The Balaban J connectivity index is 2.34. The predicted molar refractivity (Wildman–Crippen MR) is 75.3 cm³/mol. The number of hydrogen-bond donors (Lipinski definition) is 0. The van der Waals surface area contributed by atoms with Crippen molar-refractivity contribution in [3.8, 4) is 11.8 Å². The summed E-state index contributed by atoms with van der Waals surface area (Å²) in [5.74, 6) is 1.70. The van der Waals surface area contributed by atoms with Crippen molar-refractivity contribution < 1.29 is 4.74 Å². The van der Waals surface area contributed by atoms with Crippen LogP contribution >= 0.6 is 15.9 Å². The van der Waals surface area contributed by atoms with Gasteiger partial charge in [-0.1, -0.05) is 13.0 Å². The van der Waals surface area contributed by atoms with Crippen LogP contribution in [0.25, 0.3) is 0 Å². The lowest BCUT2D eigenvalue weighted by Gasteiger charge is -2.14. The Morgan fingerprint density at radius 3 is 2.83 bits per heavy atom. The van der Waals surface area contributed by atoms with Crippen molar-refractivity contribution in [1.29, 1.82) is 5.26 Å². The van der Waals surface area contributed by atoms with E-state index in [1.165, 1.54) is 0 Å². The molecular weight excluding hydrogens is 290 g/mol. The SMILES string of the molecule is CCc1c(OC2=CCCC=C2)ccc(C#N)c1Br. The summed E-state index contributed by atoms with van der Waals surface area (Å²) in [6.45, 7) is 2.05. The normalized spacial score (nSPS) is 13.9. The molecule has 0 fully saturated rings. The first-order chi connectivity index (χ1) is 8.76. The summed E-state index contributed by atoms with van der Waals surface area (Å²) in [6.07, 6.45) is 9.11. The molecule has 1 aliphatic rings. The van der Waals surface area contributed by atoms with Gasteiger partial charge in [-0.25, -0.2) is 0 Å². The van der Waals surface area contributed by atoms with Crippen LogP contribution in [0.15, 0.2) is 40.6 Å². The second-order valence-electron chi connectivity index (χ2n) is 4.06. The van der Waals surface area contributed by atoms with Gasteiger partial charge < -0.3 is 4.74 Å². The molecule has 0 atom stereocenters. The van der Waals surface area contributed by atoms with Crippen LogP contribution in [0.3, 0.4) is 0 Å². The van der Waals surface area contributed by atoms with E-state index in [-0.39, 0.29) is 0 Å². The van der Waals surface area contributed by atoms with Crippen molar-refractivity contribution in [3.05, 3.63) is 51.7 Å². The molecule has 3 heteroatoms. The second kappa shape index (κ2) is 5.88. The molecule has 2 rings (SSSR count). The quantitative estimate of drug-likeness (QED) is 0.824. The first-order valence-electron chi connectivity index (χ1n) is 6.02. The highest BCUT2D eigenvalue weighted by Gasteiger charge is 2.12. The van der Waals surface area contributed by atoms with Gasteiger partial charge in [-0.15, -0.1) is 0 Å². The molecular formula is C15H14BrNO. The summed E-state index contributed by atoms with van der Waals surface area (Å²) >= 11 is 3.48. The third-order valence-corrected chi connectivity index (χ3v) is 3.77. The summed E-state index contributed by atoms with van der Waals surface area (Å²) in [6, 6.07) is 5.82. The molecule has 92 valence electrons. The van der Waals surface area contributed by atoms with Crippen molar-refractivity contribution in [1.82, 2.24) is 0 Å². The van der Waals surface area contributed by atoms with Gasteiger partial charge in [0, 0.05) is 10.0 Å². The first-order valence-corrected chi connectivity index (χ1v) is 6.81. The smallest absolute Gasteiger partial charge is 0.131 e. The standard InChI is InChI=1S/C15H14BrNO/c1-2-13-14(9-8-11(10-17)15(13)16)18-12-6-4-3-5-7-12/h4,6-9H,2-3,5H2,1H3. The van der Waals surface area contributed by atoms with Crippen LogP contribution in [0.5, 0.6) is 5.75 Å². The fraction of sp³-hybridized carbons (Fsp3) is 0.267. The van der Waals surface area contributed by atoms with Crippen LogP contribution in [-0.2, 0) is 6.42 Å². The molecule has 0 saturated heterocycles. The second-order valence-corrected chi connectivity index (χ2v) is 4.85. The molecule has 0 heterocycles. The van der Waals surface area contributed by atoms with Crippen LogP contribution in [0.4, 0.5) is 0 Å². The largest absolute Gasteiger partial charge is 0.457 e. The van der Waals surface area contributed by atoms with Crippen molar-refractivity contribution in [3.63, 3.8) is 0 Å². The fourth-order valence-electron chi connectivity index (χ4n) is 1.91. The zero-order valence-electron chi connectivity index (χ0n) is 10.2. The van der Waals surface area contributed by atoms with E-state index in [2.05, 4.69) is 41.1 Å². The molecule has 0 aliphatic heterocycles. The van der Waals surface area contributed by atoms with Gasteiger partial charge in [0.25, 0.3) is 0 Å². The van der Waals surface area contributed by atoms with E-state index >= 15 is 0 Å². The minimum absolute atomic E-state index is 0.646. The van der Waals surface area contributed by atoms with Gasteiger partial charge in [-0.2, -0.15) is 5.26 Å². The Kier molecular flexibility index (Phi) is 4.22. The minimum atomic E-state index is 0.646. The molecule has 0 unspecified atom stereocenters. The van der Waals surface area contributed by atoms with E-state index in [0.29, 0.717) is 5.56 Å². The zero-order chi connectivity index (χ0) is 13.0. The average Bonchev–Trinajstić information content (AvgIpc) is 2.40. The Morgan fingerprint density at radius 2 is 2.22 bits per heavy atom. The van der Waals surface area contributed by atoms with Crippen molar-refractivity contribution in [2.75, 3.05) is 0 Å². The predicted octanol–water partition coefficient (Wildman–Crippen LogP) is 4.50. The van der Waals surface area contributed by atoms with Crippen molar-refractivity contribution in [2.24, 2.45) is 0 Å². The third-order valence-electron chi connectivity index (χ3n) is 2.86. The van der Waals surface area contributed by atoms with E-state index < -0.39 is 0 Å². The van der Waals surface area contributed by atoms with Gasteiger partial charge in [-0.3, -0.25) is 0 Å². The summed E-state index contributed by atoms with van der Waals surface area (Å²) in [7, 11) is 0. The molecule has 0 aromatic heterocycles. The monoisotopic (exact) mass is 303 g/mol. The number of halogens is 1. The summed E-state index contributed by atoms with van der Waals surface area (Å²) in [4.78, 5) is 0. The zero-order valence-corrected chi connectivity index (χ0v) is 11.8. The molecule has 2 nitrogen and oxygen atoms in total. The van der Waals surface area contributed by atoms with Gasteiger partial charge >= 0.3 is 0 Å². The molecule has 1 aliphatic carbocycles. The molecule has 1 aromatic rings. The Hall–Kier alpha value is -1.53. The highest BCUT2D eigenvalue weighted by Crippen LogP contribution is 2.32. The molecule has 0 radical (unpaired) electrons. The maximum atomic E-state index is 9.01. The highest BCUT2D eigenvalue weighted by molar-refractivity contribution is 9.10. The number of hydrogen-bond acceptors (Lipinski definition) is 2. The number of nitriles is 1. The van der Waals surface area contributed by atoms with Gasteiger partial charge in [0.05, 0.1) is 5.56 Å². The molecule has 18 heavy (non-hydrogen) atoms. The van der Waals surface area contributed by atoms with Gasteiger partial charge in [0.2, 0.25) is 0 Å². The number of ether oxygens (including phenoxy) is 1. The molecule has 0 bridgehead atoms. The third kappa shape index (κ3) is 2.65. The maximum absolute atomic E-state index is 9.01. The van der Waals surface area contributed by atoms with Crippen LogP contribution in [0.1, 0.15) is 30.9 Å². The van der Waals surface area contributed by atoms with Crippen LogP contribution in [0, 0.1) is 11.3 Å². The number of rotatable bonds is 3. The first kappa shape index (κ1) is 12.9. The molecule has 0 N–H and O–H groups in total. The van der Waals surface area contributed by atoms with Gasteiger partial charge in [0.1, 0.15) is 17.6 Å². The highest BCUT2D eigenvalue weighted by atomic mass is 79.9. The summed E-state index contributed by atoms with van der Waals surface area (Å²) in [5.41, 5.74) is 1.68. The molecule has 0 amide bonds.